The first-order valence-electron chi connectivity index (χ1n) is 1.45. The SMILES string of the molecule is [CH-]=CCC.[Cl-].[Zn+2]. The van der Waals surface area contributed by atoms with Crippen LogP contribution in [0.1, 0.15) is 13.3 Å². The smallest absolute Gasteiger partial charge is 1.00 e. The van der Waals surface area contributed by atoms with Crippen molar-refractivity contribution in [2.45, 2.75) is 13.3 Å². The molecular weight excluding hydrogens is 149 g/mol. The third-order valence-corrected chi connectivity index (χ3v) is 0.236. The first-order valence-corrected chi connectivity index (χ1v) is 1.45. The molecule has 0 aliphatic heterocycles. The van der Waals surface area contributed by atoms with Crippen LogP contribution in [0.25, 0.3) is 0 Å². The fourth-order valence-electron chi connectivity index (χ4n) is 0. The maximum absolute atomic E-state index is 4.90. The van der Waals surface area contributed by atoms with Crippen molar-refractivity contribution in [3.05, 3.63) is 12.7 Å². The molecule has 0 nitrogen and oxygen atoms in total. The van der Waals surface area contributed by atoms with E-state index in [1.807, 2.05) is 6.92 Å². The topological polar surface area (TPSA) is 0 Å². The summed E-state index contributed by atoms with van der Waals surface area (Å²) in [4.78, 5) is 0. The monoisotopic (exact) mass is 154 g/mol. The fraction of sp³-hybridized carbons (Fsp3) is 0.500. The molecule has 0 aromatic carbocycles. The first kappa shape index (κ1) is 15.9. The van der Waals surface area contributed by atoms with Crippen LogP contribution in [0.15, 0.2) is 6.08 Å². The molecule has 0 N–H and O–H groups in total. The van der Waals surface area contributed by atoms with Crippen molar-refractivity contribution in [2.24, 2.45) is 0 Å². The molecule has 0 radical (unpaired) electrons. The second kappa shape index (κ2) is 17.4. The van der Waals surface area contributed by atoms with Crippen LogP contribution in [-0.2, 0) is 19.5 Å². The molecule has 0 amide bonds. The molecule has 6 heavy (non-hydrogen) atoms. The van der Waals surface area contributed by atoms with E-state index < -0.39 is 0 Å². The number of halogens is 1. The quantitative estimate of drug-likeness (QED) is 0.316. The minimum atomic E-state index is 0. The molecule has 0 rings (SSSR count). The second-order valence-electron chi connectivity index (χ2n) is 0.644. The van der Waals surface area contributed by atoms with Gasteiger partial charge in [0.05, 0.1) is 0 Å². The van der Waals surface area contributed by atoms with Gasteiger partial charge in [-0.15, -0.1) is 0 Å². The summed E-state index contributed by atoms with van der Waals surface area (Å²) in [5.74, 6) is 0. The molecule has 32 valence electrons. The zero-order valence-corrected chi connectivity index (χ0v) is 7.67. The molecule has 0 bridgehead atoms. The van der Waals surface area contributed by atoms with Crippen LogP contribution >= 0.6 is 0 Å². The van der Waals surface area contributed by atoms with Crippen molar-refractivity contribution in [1.82, 2.24) is 0 Å². The number of hydrogen-bond acceptors (Lipinski definition) is 0. The predicted octanol–water partition coefficient (Wildman–Crippen LogP) is -1.61. The van der Waals surface area contributed by atoms with Gasteiger partial charge >= 0.3 is 19.5 Å². The Kier molecular flexibility index (Phi) is 46.2. The van der Waals surface area contributed by atoms with E-state index in [9.17, 15) is 0 Å². The van der Waals surface area contributed by atoms with E-state index in [1.54, 1.807) is 6.08 Å². The molecule has 0 aliphatic rings. The Morgan fingerprint density at radius 2 is 1.83 bits per heavy atom. The summed E-state index contributed by atoms with van der Waals surface area (Å²) in [6, 6.07) is 0. The molecule has 0 aliphatic carbocycles. The largest absolute Gasteiger partial charge is 2.00 e. The first-order chi connectivity index (χ1) is 1.91. The van der Waals surface area contributed by atoms with Crippen LogP contribution in [0.5, 0.6) is 0 Å². The van der Waals surface area contributed by atoms with E-state index in [1.165, 1.54) is 0 Å². The van der Waals surface area contributed by atoms with E-state index in [0.29, 0.717) is 0 Å². The van der Waals surface area contributed by atoms with Crippen molar-refractivity contribution in [3.63, 3.8) is 0 Å². The summed E-state index contributed by atoms with van der Waals surface area (Å²) in [5.41, 5.74) is 0. The molecule has 0 heterocycles. The van der Waals surface area contributed by atoms with Crippen LogP contribution in [0.3, 0.4) is 0 Å². The normalized spacial score (nSPS) is 4.17. The number of rotatable bonds is 1. The van der Waals surface area contributed by atoms with Gasteiger partial charge in [0.2, 0.25) is 0 Å². The Bertz CT molecular complexity index is 21.5. The van der Waals surface area contributed by atoms with Crippen LogP contribution in [0.4, 0.5) is 0 Å². The predicted molar refractivity (Wildman–Crippen MR) is 19.2 cm³/mol. The third kappa shape index (κ3) is 22.7. The van der Waals surface area contributed by atoms with Gasteiger partial charge in [-0.1, -0.05) is 13.3 Å². The summed E-state index contributed by atoms with van der Waals surface area (Å²) in [5, 5.41) is 0. The molecule has 0 saturated carbocycles. The zero-order valence-electron chi connectivity index (χ0n) is 3.95. The zero-order chi connectivity index (χ0) is 3.41. The van der Waals surface area contributed by atoms with Gasteiger partial charge in [0.1, 0.15) is 0 Å². The maximum Gasteiger partial charge on any atom is 2.00 e. The van der Waals surface area contributed by atoms with Gasteiger partial charge in [0.25, 0.3) is 0 Å². The van der Waals surface area contributed by atoms with Gasteiger partial charge in [-0.25, -0.2) is 0 Å². The van der Waals surface area contributed by atoms with Gasteiger partial charge in [-0.05, 0) is 0 Å². The maximum atomic E-state index is 4.90. The molecule has 0 aromatic rings. The fourth-order valence-corrected chi connectivity index (χ4v) is 0. The van der Waals surface area contributed by atoms with E-state index in [-0.39, 0.29) is 31.9 Å². The van der Waals surface area contributed by atoms with Gasteiger partial charge in [-0.2, -0.15) is 0 Å². The average Bonchev–Trinajstić information content (AvgIpc) is 1.37. The Hall–Kier alpha value is 0.653. The van der Waals surface area contributed by atoms with Crippen LogP contribution in [-0.4, -0.2) is 0 Å². The molecule has 0 spiro atoms. The van der Waals surface area contributed by atoms with Crippen LogP contribution in [0.2, 0.25) is 0 Å². The Morgan fingerprint density at radius 1 is 1.67 bits per heavy atom. The third-order valence-electron chi connectivity index (χ3n) is 0.236. The average molecular weight is 156 g/mol. The molecular formula is C4H7ClZn. The van der Waals surface area contributed by atoms with Crippen molar-refractivity contribution >= 4 is 0 Å². The minimum Gasteiger partial charge on any atom is -1.00 e. The Labute approximate surface area is 58.2 Å². The van der Waals surface area contributed by atoms with Crippen molar-refractivity contribution in [1.29, 1.82) is 0 Å². The molecule has 0 saturated heterocycles. The van der Waals surface area contributed by atoms with Crippen molar-refractivity contribution in [2.75, 3.05) is 0 Å². The minimum absolute atomic E-state index is 0. The standard InChI is InChI=1S/C4H7.ClH.Zn/c1-3-4-2;;/h1,3H,4H2,2H3;1H;/q-1;;+2/p-1. The second-order valence-corrected chi connectivity index (χ2v) is 0.644. The number of hydrogen-bond donors (Lipinski definition) is 0. The molecule has 0 aromatic heterocycles. The molecule has 2 heteroatoms. The summed E-state index contributed by atoms with van der Waals surface area (Å²) in [7, 11) is 0. The summed E-state index contributed by atoms with van der Waals surface area (Å²) < 4.78 is 0. The number of allylic oxidation sites excluding steroid dienone is 1. The van der Waals surface area contributed by atoms with Gasteiger partial charge < -0.3 is 19.0 Å². The Balaban J connectivity index is -0.0000000450. The van der Waals surface area contributed by atoms with Gasteiger partial charge in [0, 0.05) is 0 Å². The van der Waals surface area contributed by atoms with Gasteiger partial charge in [0.15, 0.2) is 0 Å². The molecule has 0 atom stereocenters. The summed E-state index contributed by atoms with van der Waals surface area (Å²) in [6.07, 6.45) is 2.60. The van der Waals surface area contributed by atoms with E-state index in [2.05, 4.69) is 0 Å². The van der Waals surface area contributed by atoms with E-state index in [4.69, 9.17) is 6.58 Å². The Morgan fingerprint density at radius 3 is 1.83 bits per heavy atom. The summed E-state index contributed by atoms with van der Waals surface area (Å²) >= 11 is 0. The van der Waals surface area contributed by atoms with Crippen LogP contribution < -0.4 is 12.4 Å². The van der Waals surface area contributed by atoms with Crippen molar-refractivity contribution in [3.8, 4) is 0 Å². The summed E-state index contributed by atoms with van der Waals surface area (Å²) in [6.45, 7) is 6.90. The molecule has 0 unspecified atom stereocenters. The van der Waals surface area contributed by atoms with E-state index in [0.717, 1.165) is 6.42 Å². The van der Waals surface area contributed by atoms with E-state index >= 15 is 0 Å². The van der Waals surface area contributed by atoms with Gasteiger partial charge in [-0.3, -0.25) is 6.08 Å². The van der Waals surface area contributed by atoms with Crippen LogP contribution in [0, 0.1) is 6.58 Å². The molecule has 0 fully saturated rings. The van der Waals surface area contributed by atoms with Crippen molar-refractivity contribution < 1.29 is 31.9 Å².